The maximum atomic E-state index is 10.7. The minimum absolute atomic E-state index is 0.184. The molecule has 0 heterocycles. The van der Waals surface area contributed by atoms with E-state index in [0.29, 0.717) is 10.7 Å². The number of nitriles is 1. The lowest BCUT2D eigenvalue weighted by Crippen LogP contribution is -2.20. The molecule has 0 fully saturated rings. The first-order valence-corrected chi connectivity index (χ1v) is 5.17. The van der Waals surface area contributed by atoms with Gasteiger partial charge in [0.2, 0.25) is 0 Å². The van der Waals surface area contributed by atoms with Crippen molar-refractivity contribution in [2.45, 2.75) is 12.5 Å². The number of carbonyl (C=O) groups excluding carboxylic acids is 1. The van der Waals surface area contributed by atoms with E-state index in [4.69, 9.17) is 10.00 Å². The highest BCUT2D eigenvalue weighted by Crippen LogP contribution is 2.02. The summed E-state index contributed by atoms with van der Waals surface area (Å²) in [5.74, 6) is -0.476. The molecule has 0 atom stereocenters. The summed E-state index contributed by atoms with van der Waals surface area (Å²) in [6, 6.07) is 1.72. The lowest BCUT2D eigenvalue weighted by Gasteiger charge is -2.10. The van der Waals surface area contributed by atoms with Crippen LogP contribution in [0.15, 0.2) is 0 Å². The van der Waals surface area contributed by atoms with Crippen molar-refractivity contribution in [3.8, 4) is 6.07 Å². The van der Waals surface area contributed by atoms with Gasteiger partial charge in [-0.15, -0.1) is 0 Å². The molecule has 0 aliphatic carbocycles. The molecule has 0 N–H and O–H groups in total. The second-order valence-corrected chi connectivity index (χ2v) is 3.05. The van der Waals surface area contributed by atoms with Crippen LogP contribution in [0.3, 0.4) is 0 Å². The molecule has 0 amide bonds. The van der Waals surface area contributed by atoms with Crippen LogP contribution in [0, 0.1) is 11.3 Å². The van der Waals surface area contributed by atoms with Crippen molar-refractivity contribution in [2.24, 2.45) is 0 Å². The van der Waals surface area contributed by atoms with Crippen molar-refractivity contribution >= 4 is 37.8 Å². The Morgan fingerprint density at radius 1 is 1.55 bits per heavy atom. The van der Waals surface area contributed by atoms with Gasteiger partial charge in [-0.3, -0.25) is 4.79 Å². The van der Waals surface area contributed by atoms with Crippen LogP contribution >= 0.6 is 31.9 Å². The Hall–Kier alpha value is -0.0800. The van der Waals surface area contributed by atoms with Crippen molar-refractivity contribution in [1.29, 1.82) is 5.26 Å². The highest BCUT2D eigenvalue weighted by atomic mass is 79.9. The summed E-state index contributed by atoms with van der Waals surface area (Å²) in [5.41, 5.74) is 0. The quantitative estimate of drug-likeness (QED) is 0.582. The van der Waals surface area contributed by atoms with Gasteiger partial charge in [0.25, 0.3) is 0 Å². The van der Waals surface area contributed by atoms with E-state index in [1.54, 1.807) is 6.07 Å². The Balaban J connectivity index is 3.64. The van der Waals surface area contributed by atoms with Crippen molar-refractivity contribution in [3.05, 3.63) is 0 Å². The summed E-state index contributed by atoms with van der Waals surface area (Å²) in [6.45, 7) is 0. The molecule has 0 aromatic heterocycles. The molecular formula is C6H7Br2NO2. The van der Waals surface area contributed by atoms with Crippen molar-refractivity contribution in [1.82, 2.24) is 0 Å². The molecule has 0 aliphatic rings. The second kappa shape index (κ2) is 6.62. The molecule has 62 valence electrons. The van der Waals surface area contributed by atoms with E-state index in [1.165, 1.54) is 0 Å². The molecule has 0 spiro atoms. The Morgan fingerprint density at radius 2 is 2.09 bits per heavy atom. The monoisotopic (exact) mass is 283 g/mol. The van der Waals surface area contributed by atoms with Crippen LogP contribution in [0.5, 0.6) is 0 Å². The number of ether oxygens (including phenoxy) is 1. The Kier molecular flexibility index (Phi) is 6.57. The molecule has 0 aromatic carbocycles. The fourth-order valence-corrected chi connectivity index (χ4v) is 1.73. The zero-order chi connectivity index (χ0) is 8.69. The van der Waals surface area contributed by atoms with Gasteiger partial charge in [-0.1, -0.05) is 31.9 Å². The molecule has 0 unspecified atom stereocenters. The topological polar surface area (TPSA) is 50.1 Å². The van der Waals surface area contributed by atoms with Gasteiger partial charge in [0, 0.05) is 10.7 Å². The van der Waals surface area contributed by atoms with Crippen LogP contribution < -0.4 is 0 Å². The average molecular weight is 285 g/mol. The van der Waals surface area contributed by atoms with Gasteiger partial charge >= 0.3 is 5.97 Å². The van der Waals surface area contributed by atoms with Crippen LogP contribution in [0.25, 0.3) is 0 Å². The molecule has 0 aromatic rings. The van der Waals surface area contributed by atoms with Gasteiger partial charge < -0.3 is 4.74 Å². The van der Waals surface area contributed by atoms with Crippen LogP contribution in [-0.2, 0) is 9.53 Å². The lowest BCUT2D eigenvalue weighted by atomic mass is 10.4. The summed E-state index contributed by atoms with van der Waals surface area (Å²) in [6.07, 6.45) is -0.368. The summed E-state index contributed by atoms with van der Waals surface area (Å²) in [7, 11) is 0. The largest absolute Gasteiger partial charge is 0.460 e. The Morgan fingerprint density at radius 3 is 2.45 bits per heavy atom. The molecular weight excluding hydrogens is 278 g/mol. The first-order chi connectivity index (χ1) is 5.24. The third-order valence-corrected chi connectivity index (χ3v) is 2.31. The van der Waals surface area contributed by atoms with E-state index in [-0.39, 0.29) is 12.5 Å². The van der Waals surface area contributed by atoms with E-state index < -0.39 is 5.97 Å². The third-order valence-electron chi connectivity index (χ3n) is 0.866. The number of hydrogen-bond donors (Lipinski definition) is 0. The molecule has 3 nitrogen and oxygen atoms in total. The fourth-order valence-electron chi connectivity index (χ4n) is 0.396. The molecule has 0 saturated heterocycles. The number of hydrogen-bond acceptors (Lipinski definition) is 3. The summed E-state index contributed by atoms with van der Waals surface area (Å²) < 4.78 is 4.83. The lowest BCUT2D eigenvalue weighted by molar-refractivity contribution is -0.145. The smallest absolute Gasteiger partial charge is 0.320 e. The van der Waals surface area contributed by atoms with E-state index in [2.05, 4.69) is 31.9 Å². The van der Waals surface area contributed by atoms with Crippen molar-refractivity contribution < 1.29 is 9.53 Å². The molecule has 0 saturated carbocycles. The second-order valence-electron chi connectivity index (χ2n) is 1.76. The zero-order valence-corrected chi connectivity index (χ0v) is 8.89. The number of esters is 1. The van der Waals surface area contributed by atoms with E-state index in [1.807, 2.05) is 0 Å². The van der Waals surface area contributed by atoms with Crippen molar-refractivity contribution in [2.75, 3.05) is 10.7 Å². The number of nitrogens with zero attached hydrogens (tertiary/aromatic N) is 1. The molecule has 0 rings (SSSR count). The number of alkyl halides is 2. The molecule has 5 heteroatoms. The summed E-state index contributed by atoms with van der Waals surface area (Å²) in [5, 5.41) is 9.28. The Bertz CT molecular complexity index is 162. The van der Waals surface area contributed by atoms with E-state index in [9.17, 15) is 4.79 Å². The first kappa shape index (κ1) is 10.9. The minimum Gasteiger partial charge on any atom is -0.460 e. The minimum atomic E-state index is -0.476. The Labute approximate surface area is 82.0 Å². The van der Waals surface area contributed by atoms with Gasteiger partial charge in [0.1, 0.15) is 12.5 Å². The highest BCUT2D eigenvalue weighted by Gasteiger charge is 2.10. The average Bonchev–Trinajstić information content (AvgIpc) is 2.01. The maximum absolute atomic E-state index is 10.7. The maximum Gasteiger partial charge on any atom is 0.320 e. The van der Waals surface area contributed by atoms with Crippen molar-refractivity contribution in [3.63, 3.8) is 0 Å². The van der Waals surface area contributed by atoms with E-state index in [0.717, 1.165) is 0 Å². The number of halogens is 2. The predicted molar refractivity (Wildman–Crippen MR) is 47.7 cm³/mol. The normalized spacial score (nSPS) is 9.27. The molecule has 0 radical (unpaired) electrons. The predicted octanol–water partition coefficient (Wildman–Crippen LogP) is 1.60. The van der Waals surface area contributed by atoms with Gasteiger partial charge in [-0.25, -0.2) is 0 Å². The highest BCUT2D eigenvalue weighted by molar-refractivity contribution is 9.09. The number of rotatable bonds is 4. The molecule has 11 heavy (non-hydrogen) atoms. The van der Waals surface area contributed by atoms with Crippen LogP contribution in [-0.4, -0.2) is 22.7 Å². The van der Waals surface area contributed by atoms with Gasteiger partial charge in [0.05, 0.1) is 6.07 Å². The summed E-state index contributed by atoms with van der Waals surface area (Å²) >= 11 is 6.33. The van der Waals surface area contributed by atoms with E-state index >= 15 is 0 Å². The zero-order valence-electron chi connectivity index (χ0n) is 5.72. The van der Waals surface area contributed by atoms with Gasteiger partial charge in [0.15, 0.2) is 0 Å². The first-order valence-electron chi connectivity index (χ1n) is 2.93. The van der Waals surface area contributed by atoms with Gasteiger partial charge in [-0.2, -0.15) is 5.26 Å². The van der Waals surface area contributed by atoms with Crippen LogP contribution in [0.4, 0.5) is 0 Å². The van der Waals surface area contributed by atoms with Gasteiger partial charge in [-0.05, 0) is 0 Å². The number of carbonyl (C=O) groups is 1. The fraction of sp³-hybridized carbons (Fsp3) is 0.667. The third kappa shape index (κ3) is 5.22. The standard InChI is InChI=1S/C6H7Br2NO2/c7-3-5(4-8)11-6(10)1-2-9/h5H,1,3-4H2. The molecule has 0 aliphatic heterocycles. The molecule has 0 bridgehead atoms. The SMILES string of the molecule is N#CCC(=O)OC(CBr)CBr. The van der Waals surface area contributed by atoms with Crippen LogP contribution in [0.1, 0.15) is 6.42 Å². The van der Waals surface area contributed by atoms with Crippen LogP contribution in [0.2, 0.25) is 0 Å². The summed E-state index contributed by atoms with van der Waals surface area (Å²) in [4.78, 5) is 10.7.